The number of nitrogens with one attached hydrogen (secondary N) is 1. The van der Waals surface area contributed by atoms with Gasteiger partial charge in [0.05, 0.1) is 28.7 Å². The van der Waals surface area contributed by atoms with E-state index in [2.05, 4.69) is 20.4 Å². The first kappa shape index (κ1) is 18.1. The van der Waals surface area contributed by atoms with Crippen molar-refractivity contribution in [3.63, 3.8) is 0 Å². The third-order valence-corrected chi connectivity index (χ3v) is 5.35. The molecule has 0 fully saturated rings. The number of nitrogens with zero attached hydrogens (tertiary/aromatic N) is 4. The second-order valence-corrected chi connectivity index (χ2v) is 8.21. The molecule has 0 aliphatic heterocycles. The summed E-state index contributed by atoms with van der Waals surface area (Å²) in [7, 11) is -3.42. The lowest BCUT2D eigenvalue weighted by atomic mass is 10.1. The number of fused-ring (bicyclic) bond motifs is 1. The molecule has 0 aliphatic rings. The summed E-state index contributed by atoms with van der Waals surface area (Å²) in [6.45, 7) is 0. The monoisotopic (exact) mass is 395 g/mol. The predicted octanol–water partition coefficient (Wildman–Crippen LogP) is 2.30. The van der Waals surface area contributed by atoms with Crippen LogP contribution in [0.5, 0.6) is 0 Å². The summed E-state index contributed by atoms with van der Waals surface area (Å²) in [5.41, 5.74) is 2.53. The number of hydrogen-bond donors (Lipinski definition) is 2. The molecule has 2 N–H and O–H groups in total. The molecule has 0 spiro atoms. The number of aromatic nitrogens is 4. The van der Waals surface area contributed by atoms with Gasteiger partial charge in [-0.2, -0.15) is 5.10 Å². The Hall–Kier alpha value is -3.30. The molecule has 142 valence electrons. The summed E-state index contributed by atoms with van der Waals surface area (Å²) in [5.74, 6) is 0. The molecular weight excluding hydrogens is 378 g/mol. The molecule has 3 aromatic heterocycles. The highest BCUT2D eigenvalue weighted by molar-refractivity contribution is 7.90. The molecule has 9 heteroatoms. The van der Waals surface area contributed by atoms with Crippen molar-refractivity contribution < 1.29 is 13.5 Å². The summed E-state index contributed by atoms with van der Waals surface area (Å²) in [6.07, 6.45) is 4.83. The molecule has 0 saturated heterocycles. The Morgan fingerprint density at radius 1 is 1.07 bits per heavy atom. The first-order valence-electron chi connectivity index (χ1n) is 8.42. The number of aliphatic hydroxyl groups excluding tert-OH is 1. The Balaban J connectivity index is 1.77. The number of hydrogen-bond acceptors (Lipinski definition) is 7. The van der Waals surface area contributed by atoms with Crippen LogP contribution in [0.1, 0.15) is 11.9 Å². The Bertz CT molecular complexity index is 1240. The molecule has 3 heterocycles. The average molecular weight is 395 g/mol. The molecule has 0 saturated carbocycles. The Kier molecular flexibility index (Phi) is 4.54. The molecule has 1 atom stereocenters. The van der Waals surface area contributed by atoms with E-state index in [1.807, 2.05) is 0 Å². The maximum atomic E-state index is 12.1. The van der Waals surface area contributed by atoms with Gasteiger partial charge in [0.1, 0.15) is 5.69 Å². The Labute approximate surface area is 161 Å². The fourth-order valence-electron chi connectivity index (χ4n) is 2.90. The molecule has 0 radical (unpaired) electrons. The third-order valence-electron chi connectivity index (χ3n) is 4.20. The number of sulfone groups is 1. The van der Waals surface area contributed by atoms with Gasteiger partial charge in [-0.15, -0.1) is 0 Å². The van der Waals surface area contributed by atoms with Crippen LogP contribution < -0.4 is 5.32 Å². The van der Waals surface area contributed by atoms with E-state index in [1.165, 1.54) is 10.7 Å². The quantitative estimate of drug-likeness (QED) is 0.499. The van der Waals surface area contributed by atoms with E-state index in [4.69, 9.17) is 0 Å². The van der Waals surface area contributed by atoms with Crippen molar-refractivity contribution in [2.75, 3.05) is 11.6 Å². The molecule has 0 amide bonds. The second kappa shape index (κ2) is 7.02. The summed E-state index contributed by atoms with van der Waals surface area (Å²) >= 11 is 0. The lowest BCUT2D eigenvalue weighted by molar-refractivity contribution is 0.201. The van der Waals surface area contributed by atoms with Crippen molar-refractivity contribution in [1.82, 2.24) is 19.6 Å². The van der Waals surface area contributed by atoms with Crippen molar-refractivity contribution in [1.29, 1.82) is 0 Å². The van der Waals surface area contributed by atoms with Crippen molar-refractivity contribution in [3.8, 4) is 11.3 Å². The van der Waals surface area contributed by atoms with Crippen molar-refractivity contribution in [2.45, 2.75) is 11.1 Å². The van der Waals surface area contributed by atoms with Gasteiger partial charge < -0.3 is 10.4 Å². The number of anilines is 1. The van der Waals surface area contributed by atoms with Crippen LogP contribution in [-0.2, 0) is 9.84 Å². The summed E-state index contributed by atoms with van der Waals surface area (Å²) in [6, 6.07) is 13.6. The van der Waals surface area contributed by atoms with Crippen LogP contribution in [0.15, 0.2) is 72.0 Å². The standard InChI is InChI=1S/C19H17N5O3S/c1-28(26,27)17-7-3-2-6-14(17)15-8-9-18-21-12-16(24(18)23-15)19(25)22-13-5-4-10-20-11-13/h2-12,19,22,25H,1H3. The van der Waals surface area contributed by atoms with Crippen LogP contribution in [-0.4, -0.2) is 39.4 Å². The normalized spacial score (nSPS) is 12.8. The van der Waals surface area contributed by atoms with Crippen LogP contribution in [0.25, 0.3) is 16.9 Å². The number of imidazole rings is 1. The summed E-state index contributed by atoms with van der Waals surface area (Å²) in [5, 5.41) is 18.0. The second-order valence-electron chi connectivity index (χ2n) is 6.23. The largest absolute Gasteiger partial charge is 0.368 e. The zero-order valence-corrected chi connectivity index (χ0v) is 15.7. The lowest BCUT2D eigenvalue weighted by Gasteiger charge is -2.14. The molecule has 1 aromatic carbocycles. The first-order valence-corrected chi connectivity index (χ1v) is 10.3. The minimum atomic E-state index is -3.42. The summed E-state index contributed by atoms with van der Waals surface area (Å²) < 4.78 is 25.7. The predicted molar refractivity (Wildman–Crippen MR) is 104 cm³/mol. The molecule has 4 rings (SSSR count). The molecule has 1 unspecified atom stereocenters. The molecule has 0 bridgehead atoms. The smallest absolute Gasteiger partial charge is 0.176 e. The fraction of sp³-hybridized carbons (Fsp3) is 0.105. The van der Waals surface area contributed by atoms with E-state index in [-0.39, 0.29) is 4.90 Å². The van der Waals surface area contributed by atoms with Gasteiger partial charge in [0.15, 0.2) is 21.7 Å². The van der Waals surface area contributed by atoms with E-state index >= 15 is 0 Å². The van der Waals surface area contributed by atoms with E-state index in [0.29, 0.717) is 28.3 Å². The van der Waals surface area contributed by atoms with Crippen molar-refractivity contribution in [3.05, 3.63) is 72.8 Å². The zero-order chi connectivity index (χ0) is 19.7. The lowest BCUT2D eigenvalue weighted by Crippen LogP contribution is -2.13. The number of rotatable bonds is 5. The molecular formula is C19H17N5O3S. The van der Waals surface area contributed by atoms with Gasteiger partial charge in [-0.1, -0.05) is 18.2 Å². The van der Waals surface area contributed by atoms with Crippen LogP contribution in [0, 0.1) is 0 Å². The van der Waals surface area contributed by atoms with Gasteiger partial charge in [0.2, 0.25) is 0 Å². The number of pyridine rings is 1. The maximum absolute atomic E-state index is 12.1. The number of benzene rings is 1. The van der Waals surface area contributed by atoms with Gasteiger partial charge in [0, 0.05) is 18.0 Å². The third kappa shape index (κ3) is 3.45. The highest BCUT2D eigenvalue weighted by atomic mass is 32.2. The highest BCUT2D eigenvalue weighted by Gasteiger charge is 2.18. The Morgan fingerprint density at radius 3 is 2.64 bits per heavy atom. The van der Waals surface area contributed by atoms with E-state index in [1.54, 1.807) is 60.9 Å². The van der Waals surface area contributed by atoms with Gasteiger partial charge in [0.25, 0.3) is 0 Å². The topological polar surface area (TPSA) is 109 Å². The fourth-order valence-corrected chi connectivity index (χ4v) is 3.80. The van der Waals surface area contributed by atoms with Gasteiger partial charge >= 0.3 is 0 Å². The van der Waals surface area contributed by atoms with Crippen molar-refractivity contribution in [2.24, 2.45) is 0 Å². The molecule has 0 aliphatic carbocycles. The van der Waals surface area contributed by atoms with E-state index in [9.17, 15) is 13.5 Å². The van der Waals surface area contributed by atoms with E-state index < -0.39 is 16.1 Å². The first-order chi connectivity index (χ1) is 13.4. The molecule has 8 nitrogen and oxygen atoms in total. The van der Waals surface area contributed by atoms with Crippen molar-refractivity contribution >= 4 is 21.2 Å². The minimum absolute atomic E-state index is 0.192. The number of aliphatic hydroxyl groups is 1. The molecule has 4 aromatic rings. The van der Waals surface area contributed by atoms with Crippen LogP contribution >= 0.6 is 0 Å². The van der Waals surface area contributed by atoms with E-state index in [0.717, 1.165) is 6.26 Å². The van der Waals surface area contributed by atoms with Gasteiger partial charge in [-0.25, -0.2) is 17.9 Å². The Morgan fingerprint density at radius 2 is 1.89 bits per heavy atom. The SMILES string of the molecule is CS(=O)(=O)c1ccccc1-c1ccc2ncc(C(O)Nc3cccnc3)n2n1. The van der Waals surface area contributed by atoms with Crippen LogP contribution in [0.2, 0.25) is 0 Å². The van der Waals surface area contributed by atoms with Gasteiger partial charge in [-0.05, 0) is 30.3 Å². The highest BCUT2D eigenvalue weighted by Crippen LogP contribution is 2.26. The maximum Gasteiger partial charge on any atom is 0.176 e. The minimum Gasteiger partial charge on any atom is -0.368 e. The zero-order valence-electron chi connectivity index (χ0n) is 14.9. The average Bonchev–Trinajstić information content (AvgIpc) is 3.11. The molecule has 28 heavy (non-hydrogen) atoms. The van der Waals surface area contributed by atoms with Crippen LogP contribution in [0.4, 0.5) is 5.69 Å². The van der Waals surface area contributed by atoms with Crippen LogP contribution in [0.3, 0.4) is 0 Å². The van der Waals surface area contributed by atoms with Gasteiger partial charge in [-0.3, -0.25) is 4.98 Å². The summed E-state index contributed by atoms with van der Waals surface area (Å²) in [4.78, 5) is 8.45.